The quantitative estimate of drug-likeness (QED) is 0.914. The first kappa shape index (κ1) is 16.0. The van der Waals surface area contributed by atoms with Gasteiger partial charge in [0.25, 0.3) is 0 Å². The van der Waals surface area contributed by atoms with Gasteiger partial charge in [0.2, 0.25) is 5.91 Å². The molecule has 1 fully saturated rings. The summed E-state index contributed by atoms with van der Waals surface area (Å²) >= 11 is 1.06. The van der Waals surface area contributed by atoms with E-state index in [1.54, 1.807) is 0 Å². The van der Waals surface area contributed by atoms with Crippen molar-refractivity contribution in [3.8, 4) is 11.3 Å². The Kier molecular flexibility index (Phi) is 4.15. The minimum atomic E-state index is -3.15. The molecule has 122 valence electrons. The third-order valence-corrected chi connectivity index (χ3v) is 6.07. The number of aromatic nitrogens is 1. The minimum Gasteiger partial charge on any atom is -0.302 e. The summed E-state index contributed by atoms with van der Waals surface area (Å²) in [6, 6.07) is 3.04. The number of sulfone groups is 1. The maximum atomic E-state index is 13.7. The van der Waals surface area contributed by atoms with E-state index in [1.165, 1.54) is 5.38 Å². The van der Waals surface area contributed by atoms with Crippen LogP contribution >= 0.6 is 11.3 Å². The number of amides is 1. The van der Waals surface area contributed by atoms with Crippen LogP contribution in [0.1, 0.15) is 6.42 Å². The molecule has 0 bridgehead atoms. The van der Waals surface area contributed by atoms with Crippen LogP contribution in [-0.4, -0.2) is 30.8 Å². The molecule has 9 heteroatoms. The van der Waals surface area contributed by atoms with E-state index >= 15 is 0 Å². The Morgan fingerprint density at radius 2 is 2.13 bits per heavy atom. The number of carbonyl (C=O) groups is 1. The molecule has 0 saturated carbocycles. The van der Waals surface area contributed by atoms with E-state index in [0.717, 1.165) is 29.5 Å². The van der Waals surface area contributed by atoms with Crippen molar-refractivity contribution in [3.63, 3.8) is 0 Å². The van der Waals surface area contributed by atoms with Crippen LogP contribution in [0.15, 0.2) is 23.6 Å². The molecule has 0 spiro atoms. The van der Waals surface area contributed by atoms with Gasteiger partial charge in [-0.15, -0.1) is 11.3 Å². The van der Waals surface area contributed by atoms with Crippen molar-refractivity contribution in [2.24, 2.45) is 5.92 Å². The largest absolute Gasteiger partial charge is 0.302 e. The number of nitrogens with zero attached hydrogens (tertiary/aromatic N) is 1. The molecule has 1 saturated heterocycles. The van der Waals surface area contributed by atoms with E-state index in [-0.39, 0.29) is 34.3 Å². The molecule has 2 aromatic rings. The zero-order valence-electron chi connectivity index (χ0n) is 11.8. The fourth-order valence-electron chi connectivity index (χ4n) is 2.36. The molecule has 0 radical (unpaired) electrons. The van der Waals surface area contributed by atoms with Gasteiger partial charge in [0.15, 0.2) is 15.0 Å². The molecule has 1 aliphatic rings. The fraction of sp³-hybridized carbons (Fsp3) is 0.286. The minimum absolute atomic E-state index is 0.00269. The maximum Gasteiger partial charge on any atom is 0.230 e. The van der Waals surface area contributed by atoms with Gasteiger partial charge in [-0.2, -0.15) is 0 Å². The van der Waals surface area contributed by atoms with Crippen LogP contribution in [0.2, 0.25) is 0 Å². The van der Waals surface area contributed by atoms with Gasteiger partial charge in [-0.1, -0.05) is 0 Å². The lowest BCUT2D eigenvalue weighted by Gasteiger charge is -2.06. The number of hydrogen-bond acceptors (Lipinski definition) is 5. The highest BCUT2D eigenvalue weighted by molar-refractivity contribution is 7.91. The van der Waals surface area contributed by atoms with Gasteiger partial charge in [0, 0.05) is 10.9 Å². The summed E-state index contributed by atoms with van der Waals surface area (Å²) in [6.07, 6.45) is 0.283. The van der Waals surface area contributed by atoms with Gasteiger partial charge in [-0.05, 0) is 24.6 Å². The number of carbonyl (C=O) groups excluding carboxylic acids is 1. The molecule has 1 aliphatic heterocycles. The van der Waals surface area contributed by atoms with Crippen LogP contribution < -0.4 is 5.32 Å². The van der Waals surface area contributed by atoms with Crippen LogP contribution in [0, 0.1) is 17.6 Å². The van der Waals surface area contributed by atoms with Crippen molar-refractivity contribution in [3.05, 3.63) is 35.2 Å². The number of hydrogen-bond donors (Lipinski definition) is 1. The SMILES string of the molecule is O=C(Nc1nc(-c2cc(F)ccc2F)cs1)[C@H]1CCS(=O)(=O)C1. The highest BCUT2D eigenvalue weighted by atomic mass is 32.2. The second kappa shape index (κ2) is 5.97. The van der Waals surface area contributed by atoms with Crippen LogP contribution in [0.3, 0.4) is 0 Å². The summed E-state index contributed by atoms with van der Waals surface area (Å²) in [4.78, 5) is 16.1. The Morgan fingerprint density at radius 1 is 1.35 bits per heavy atom. The van der Waals surface area contributed by atoms with Crippen molar-refractivity contribution >= 4 is 32.2 Å². The third-order valence-electron chi connectivity index (χ3n) is 3.54. The van der Waals surface area contributed by atoms with Gasteiger partial charge < -0.3 is 5.32 Å². The maximum absolute atomic E-state index is 13.7. The zero-order valence-corrected chi connectivity index (χ0v) is 13.4. The zero-order chi connectivity index (χ0) is 16.6. The van der Waals surface area contributed by atoms with E-state index in [9.17, 15) is 22.0 Å². The molecule has 0 aliphatic carbocycles. The van der Waals surface area contributed by atoms with Gasteiger partial charge in [-0.3, -0.25) is 4.79 Å². The number of anilines is 1. The topological polar surface area (TPSA) is 76.1 Å². The molecule has 1 N–H and O–H groups in total. The second-order valence-electron chi connectivity index (χ2n) is 5.25. The second-order valence-corrected chi connectivity index (χ2v) is 8.34. The summed E-state index contributed by atoms with van der Waals surface area (Å²) in [5.74, 6) is -2.39. The molecule has 5 nitrogen and oxygen atoms in total. The van der Waals surface area contributed by atoms with E-state index in [2.05, 4.69) is 10.3 Å². The Morgan fingerprint density at radius 3 is 2.83 bits per heavy atom. The van der Waals surface area contributed by atoms with Crippen LogP contribution in [0.4, 0.5) is 13.9 Å². The van der Waals surface area contributed by atoms with Crippen molar-refractivity contribution in [2.75, 3.05) is 16.8 Å². The van der Waals surface area contributed by atoms with Crippen LogP contribution in [0.5, 0.6) is 0 Å². The first-order chi connectivity index (χ1) is 10.8. The lowest BCUT2D eigenvalue weighted by molar-refractivity contribution is -0.119. The molecule has 1 aromatic heterocycles. The van der Waals surface area contributed by atoms with E-state index in [0.29, 0.717) is 0 Å². The lowest BCUT2D eigenvalue weighted by Crippen LogP contribution is -2.23. The molecular weight excluding hydrogens is 346 g/mol. The van der Waals surface area contributed by atoms with Gasteiger partial charge >= 0.3 is 0 Å². The molecule has 3 rings (SSSR count). The highest BCUT2D eigenvalue weighted by Crippen LogP contribution is 2.28. The first-order valence-electron chi connectivity index (χ1n) is 6.76. The Bertz CT molecular complexity index is 865. The average Bonchev–Trinajstić information content (AvgIpc) is 3.08. The Labute approximate surface area is 135 Å². The highest BCUT2D eigenvalue weighted by Gasteiger charge is 2.33. The predicted octanol–water partition coefficient (Wildman–Crippen LogP) is 2.46. The molecule has 1 amide bonds. The normalized spacial score (nSPS) is 19.7. The predicted molar refractivity (Wildman–Crippen MR) is 82.9 cm³/mol. The van der Waals surface area contributed by atoms with Crippen LogP contribution in [-0.2, 0) is 14.6 Å². The number of nitrogens with one attached hydrogen (secondary N) is 1. The molecule has 2 heterocycles. The summed E-state index contributed by atoms with van der Waals surface area (Å²) in [5, 5.41) is 4.25. The summed E-state index contributed by atoms with van der Waals surface area (Å²) in [7, 11) is -3.15. The standard InChI is InChI=1S/C14H12F2N2O3S2/c15-9-1-2-11(16)10(5-9)12-6-22-14(17-12)18-13(19)8-3-4-23(20,21)7-8/h1-2,5-6,8H,3-4,7H2,(H,17,18,19)/t8-/m0/s1. The van der Waals surface area contributed by atoms with Crippen molar-refractivity contribution in [1.29, 1.82) is 0 Å². The van der Waals surface area contributed by atoms with Gasteiger partial charge in [0.1, 0.15) is 11.6 Å². The van der Waals surface area contributed by atoms with Crippen molar-refractivity contribution in [2.45, 2.75) is 6.42 Å². The van der Waals surface area contributed by atoms with Gasteiger partial charge in [0.05, 0.1) is 23.1 Å². The fourth-order valence-corrected chi connectivity index (χ4v) is 4.81. The first-order valence-corrected chi connectivity index (χ1v) is 9.46. The van der Waals surface area contributed by atoms with E-state index in [4.69, 9.17) is 0 Å². The monoisotopic (exact) mass is 358 g/mol. The smallest absolute Gasteiger partial charge is 0.230 e. The van der Waals surface area contributed by atoms with E-state index in [1.807, 2.05) is 0 Å². The molecular formula is C14H12F2N2O3S2. The molecule has 1 atom stereocenters. The van der Waals surface area contributed by atoms with Gasteiger partial charge in [-0.25, -0.2) is 22.2 Å². The molecule has 23 heavy (non-hydrogen) atoms. The summed E-state index contributed by atoms with van der Waals surface area (Å²) in [5.41, 5.74) is 0.214. The summed E-state index contributed by atoms with van der Waals surface area (Å²) in [6.45, 7) is 0. The number of thiazole rings is 1. The number of rotatable bonds is 3. The van der Waals surface area contributed by atoms with Crippen molar-refractivity contribution < 1.29 is 22.0 Å². The lowest BCUT2D eigenvalue weighted by atomic mass is 10.1. The molecule has 0 unspecified atom stereocenters. The molecule has 1 aromatic carbocycles. The van der Waals surface area contributed by atoms with Crippen LogP contribution in [0.25, 0.3) is 11.3 Å². The number of benzene rings is 1. The number of halogens is 2. The average molecular weight is 358 g/mol. The van der Waals surface area contributed by atoms with Crippen molar-refractivity contribution in [1.82, 2.24) is 4.98 Å². The van der Waals surface area contributed by atoms with E-state index < -0.39 is 33.3 Å². The Balaban J connectivity index is 1.75. The third kappa shape index (κ3) is 3.56. The Hall–Kier alpha value is -1.87. The summed E-state index contributed by atoms with van der Waals surface area (Å²) < 4.78 is 49.7.